The van der Waals surface area contributed by atoms with E-state index >= 15 is 0 Å². The zero-order chi connectivity index (χ0) is 16.8. The van der Waals surface area contributed by atoms with E-state index < -0.39 is 0 Å². The van der Waals surface area contributed by atoms with E-state index in [1.807, 2.05) is 47.8 Å². The summed E-state index contributed by atoms with van der Waals surface area (Å²) in [5.74, 6) is 0.648. The van der Waals surface area contributed by atoms with Crippen LogP contribution in [0.25, 0.3) is 0 Å². The molecule has 0 atom stereocenters. The molecule has 1 aromatic heterocycles. The van der Waals surface area contributed by atoms with Gasteiger partial charge in [0.25, 0.3) is 0 Å². The van der Waals surface area contributed by atoms with Crippen molar-refractivity contribution < 1.29 is 9.53 Å². The first-order valence-electron chi connectivity index (χ1n) is 7.36. The first kappa shape index (κ1) is 16.5. The Morgan fingerprint density at radius 2 is 1.88 bits per heavy atom. The highest BCUT2D eigenvalue weighted by molar-refractivity contribution is 7.09. The molecule has 1 heterocycles. The lowest BCUT2D eigenvalue weighted by Crippen LogP contribution is -2.14. The smallest absolute Gasteiger partial charge is 0.230 e. The van der Waals surface area contributed by atoms with Crippen LogP contribution in [-0.4, -0.2) is 10.9 Å². The minimum absolute atomic E-state index is 0.149. The summed E-state index contributed by atoms with van der Waals surface area (Å²) >= 11 is 7.51. The van der Waals surface area contributed by atoms with Gasteiger partial charge in [0.2, 0.25) is 5.91 Å². The SMILES string of the molecule is O=C(Cc1csc(COc2ccccc2)n1)Nc1ccccc1Cl. The molecule has 0 aliphatic carbocycles. The fourth-order valence-electron chi connectivity index (χ4n) is 2.08. The minimum Gasteiger partial charge on any atom is -0.486 e. The molecular formula is C18H15ClN2O2S. The highest BCUT2D eigenvalue weighted by Gasteiger charge is 2.10. The second kappa shape index (κ2) is 7.95. The number of nitrogens with one attached hydrogen (secondary N) is 1. The molecule has 0 spiro atoms. The number of anilines is 1. The van der Waals surface area contributed by atoms with Crippen molar-refractivity contribution in [1.82, 2.24) is 4.98 Å². The number of ether oxygens (including phenoxy) is 1. The summed E-state index contributed by atoms with van der Waals surface area (Å²) in [5, 5.41) is 6.01. The first-order valence-corrected chi connectivity index (χ1v) is 8.62. The average Bonchev–Trinajstić information content (AvgIpc) is 3.03. The number of halogens is 1. The Hall–Kier alpha value is -2.37. The molecule has 2 aromatic carbocycles. The van der Waals surface area contributed by atoms with E-state index in [0.717, 1.165) is 16.5 Å². The molecule has 3 aromatic rings. The monoisotopic (exact) mass is 358 g/mol. The number of aromatic nitrogens is 1. The van der Waals surface area contributed by atoms with Crippen LogP contribution < -0.4 is 10.1 Å². The number of hydrogen-bond acceptors (Lipinski definition) is 4. The Kier molecular flexibility index (Phi) is 5.46. The molecule has 0 saturated heterocycles. The van der Waals surface area contributed by atoms with Gasteiger partial charge >= 0.3 is 0 Å². The van der Waals surface area contributed by atoms with E-state index in [-0.39, 0.29) is 12.3 Å². The maximum Gasteiger partial charge on any atom is 0.230 e. The Labute approximate surface area is 149 Å². The molecule has 0 aliphatic heterocycles. The fourth-order valence-corrected chi connectivity index (χ4v) is 2.97. The van der Waals surface area contributed by atoms with Gasteiger partial charge in [-0.2, -0.15) is 0 Å². The number of hydrogen-bond donors (Lipinski definition) is 1. The van der Waals surface area contributed by atoms with Gasteiger partial charge < -0.3 is 10.1 Å². The predicted molar refractivity (Wildman–Crippen MR) is 96.7 cm³/mol. The molecule has 24 heavy (non-hydrogen) atoms. The van der Waals surface area contributed by atoms with Crippen molar-refractivity contribution in [3.05, 3.63) is 75.7 Å². The van der Waals surface area contributed by atoms with E-state index in [4.69, 9.17) is 16.3 Å². The summed E-state index contributed by atoms with van der Waals surface area (Å²) < 4.78 is 5.65. The Morgan fingerprint density at radius 3 is 2.67 bits per heavy atom. The molecule has 122 valence electrons. The number of thiazole rings is 1. The van der Waals surface area contributed by atoms with Gasteiger partial charge in [-0.05, 0) is 24.3 Å². The maximum absolute atomic E-state index is 12.1. The van der Waals surface area contributed by atoms with Crippen LogP contribution in [0.1, 0.15) is 10.7 Å². The third kappa shape index (κ3) is 4.57. The lowest BCUT2D eigenvalue weighted by Gasteiger charge is -2.05. The Morgan fingerprint density at radius 1 is 1.12 bits per heavy atom. The largest absolute Gasteiger partial charge is 0.486 e. The van der Waals surface area contributed by atoms with Gasteiger partial charge in [0.15, 0.2) is 0 Å². The van der Waals surface area contributed by atoms with Crippen LogP contribution >= 0.6 is 22.9 Å². The first-order chi connectivity index (χ1) is 11.7. The number of amides is 1. The van der Waals surface area contributed by atoms with Crippen molar-refractivity contribution in [3.63, 3.8) is 0 Å². The zero-order valence-electron chi connectivity index (χ0n) is 12.7. The summed E-state index contributed by atoms with van der Waals surface area (Å²) in [6.45, 7) is 0.390. The van der Waals surface area contributed by atoms with E-state index in [0.29, 0.717) is 17.3 Å². The van der Waals surface area contributed by atoms with E-state index in [1.165, 1.54) is 11.3 Å². The lowest BCUT2D eigenvalue weighted by atomic mass is 10.3. The average molecular weight is 359 g/mol. The molecular weight excluding hydrogens is 344 g/mol. The van der Waals surface area contributed by atoms with Gasteiger partial charge in [0.05, 0.1) is 22.8 Å². The number of carbonyl (C=O) groups is 1. The zero-order valence-corrected chi connectivity index (χ0v) is 14.3. The second-order valence-electron chi connectivity index (χ2n) is 5.04. The predicted octanol–water partition coefficient (Wildman–Crippen LogP) is 4.56. The lowest BCUT2D eigenvalue weighted by molar-refractivity contribution is -0.115. The molecule has 0 saturated carbocycles. The van der Waals surface area contributed by atoms with Crippen molar-refractivity contribution in [1.29, 1.82) is 0 Å². The fraction of sp³-hybridized carbons (Fsp3) is 0.111. The van der Waals surface area contributed by atoms with Gasteiger partial charge in [-0.1, -0.05) is 41.9 Å². The molecule has 1 amide bonds. The quantitative estimate of drug-likeness (QED) is 0.703. The minimum atomic E-state index is -0.149. The molecule has 3 rings (SSSR count). The van der Waals surface area contributed by atoms with Crippen molar-refractivity contribution in [2.24, 2.45) is 0 Å². The van der Waals surface area contributed by atoms with Crippen LogP contribution in [0.4, 0.5) is 5.69 Å². The number of carbonyl (C=O) groups excluding carboxylic acids is 1. The molecule has 1 N–H and O–H groups in total. The van der Waals surface area contributed by atoms with Gasteiger partial charge in [0.1, 0.15) is 17.4 Å². The van der Waals surface area contributed by atoms with Crippen LogP contribution in [0.5, 0.6) is 5.75 Å². The van der Waals surface area contributed by atoms with Crippen molar-refractivity contribution >= 4 is 34.5 Å². The summed E-state index contributed by atoms with van der Waals surface area (Å²) in [6, 6.07) is 16.7. The molecule has 4 nitrogen and oxygen atoms in total. The normalized spacial score (nSPS) is 10.4. The summed E-state index contributed by atoms with van der Waals surface area (Å²) in [7, 11) is 0. The van der Waals surface area contributed by atoms with E-state index in [2.05, 4.69) is 10.3 Å². The van der Waals surface area contributed by atoms with E-state index in [9.17, 15) is 4.79 Å². The molecule has 0 aliphatic rings. The summed E-state index contributed by atoms with van der Waals surface area (Å²) in [5.41, 5.74) is 1.32. The Balaban J connectivity index is 1.54. The third-order valence-corrected chi connectivity index (χ3v) is 4.40. The standard InChI is InChI=1S/C18H15ClN2O2S/c19-15-8-4-5-9-16(15)21-17(22)10-13-12-24-18(20-13)11-23-14-6-2-1-3-7-14/h1-9,12H,10-11H2,(H,21,22). The topological polar surface area (TPSA) is 51.2 Å². The number of benzene rings is 2. The van der Waals surface area contributed by atoms with Gasteiger partial charge in [-0.3, -0.25) is 4.79 Å². The van der Waals surface area contributed by atoms with Crippen molar-refractivity contribution in [2.45, 2.75) is 13.0 Å². The maximum atomic E-state index is 12.1. The van der Waals surface area contributed by atoms with Gasteiger partial charge in [-0.15, -0.1) is 11.3 Å². The summed E-state index contributed by atoms with van der Waals surface area (Å²) in [6.07, 6.45) is 0.201. The highest BCUT2D eigenvalue weighted by Crippen LogP contribution is 2.21. The van der Waals surface area contributed by atoms with Crippen molar-refractivity contribution in [3.8, 4) is 5.75 Å². The molecule has 6 heteroatoms. The van der Waals surface area contributed by atoms with E-state index in [1.54, 1.807) is 12.1 Å². The second-order valence-corrected chi connectivity index (χ2v) is 6.39. The van der Waals surface area contributed by atoms with Gasteiger partial charge in [0, 0.05) is 5.38 Å². The van der Waals surface area contributed by atoms with Crippen LogP contribution in [0, 0.1) is 0 Å². The van der Waals surface area contributed by atoms with Crippen LogP contribution in [0.15, 0.2) is 60.0 Å². The summed E-state index contributed by atoms with van der Waals surface area (Å²) in [4.78, 5) is 16.5. The van der Waals surface area contributed by atoms with Gasteiger partial charge in [-0.25, -0.2) is 4.98 Å². The van der Waals surface area contributed by atoms with Crippen LogP contribution in [0.3, 0.4) is 0 Å². The Bertz CT molecular complexity index is 821. The third-order valence-electron chi connectivity index (χ3n) is 3.19. The number of para-hydroxylation sites is 2. The molecule has 0 fully saturated rings. The van der Waals surface area contributed by atoms with Crippen LogP contribution in [-0.2, 0) is 17.8 Å². The number of nitrogens with zero attached hydrogens (tertiary/aromatic N) is 1. The molecule has 0 unspecified atom stereocenters. The van der Waals surface area contributed by atoms with Crippen LogP contribution in [0.2, 0.25) is 5.02 Å². The molecule has 0 radical (unpaired) electrons. The molecule has 0 bridgehead atoms. The highest BCUT2D eigenvalue weighted by atomic mass is 35.5. The number of rotatable bonds is 6. The van der Waals surface area contributed by atoms with Crippen molar-refractivity contribution in [2.75, 3.05) is 5.32 Å².